The fraction of sp³-hybridized carbons (Fsp3) is 0.294. The van der Waals surface area contributed by atoms with Gasteiger partial charge in [-0.15, -0.1) is 21.5 Å². The summed E-state index contributed by atoms with van der Waals surface area (Å²) in [5.74, 6) is 0.426. The molecule has 1 saturated carbocycles. The van der Waals surface area contributed by atoms with Gasteiger partial charge in [0.25, 0.3) is 0 Å². The summed E-state index contributed by atoms with van der Waals surface area (Å²) >= 11 is 4.83. The molecular formula is C17H16N4O2S3. The maximum Gasteiger partial charge on any atom is 0.337 e. The molecule has 1 fully saturated rings. The highest BCUT2D eigenvalue weighted by Gasteiger charge is 2.22. The number of anilines is 1. The minimum atomic E-state index is -0.333. The van der Waals surface area contributed by atoms with Crippen molar-refractivity contribution >= 4 is 45.5 Å². The fourth-order valence-electron chi connectivity index (χ4n) is 2.24. The van der Waals surface area contributed by atoms with Gasteiger partial charge in [0.05, 0.1) is 18.4 Å². The first-order valence-corrected chi connectivity index (χ1v) is 10.8. The molecule has 2 heterocycles. The number of methoxy groups -OCH3 is 1. The Kier molecular flexibility index (Phi) is 5.18. The van der Waals surface area contributed by atoms with Crippen molar-refractivity contribution in [2.75, 3.05) is 12.4 Å². The molecule has 0 saturated heterocycles. The van der Waals surface area contributed by atoms with Gasteiger partial charge in [-0.3, -0.25) is 0 Å². The standard InChI is InChI=1S/C17H16N4O2S3/c1-23-15(22)11-4-2-10(3-5-11)14-18-13(8-24-14)9-25-17-21-20-16(26-17)19-12-6-7-12/h2-5,8,12H,6-7,9H2,1H3,(H,19,20). The van der Waals surface area contributed by atoms with Crippen molar-refractivity contribution in [3.63, 3.8) is 0 Å². The van der Waals surface area contributed by atoms with E-state index < -0.39 is 0 Å². The maximum atomic E-state index is 11.5. The molecule has 0 atom stereocenters. The number of aromatic nitrogens is 3. The third-order valence-corrected chi connectivity index (χ3v) is 6.72. The normalized spacial score (nSPS) is 13.6. The van der Waals surface area contributed by atoms with Crippen LogP contribution < -0.4 is 5.32 Å². The van der Waals surface area contributed by atoms with Gasteiger partial charge in [0.15, 0.2) is 4.34 Å². The Morgan fingerprint density at radius 2 is 2.12 bits per heavy atom. The summed E-state index contributed by atoms with van der Waals surface area (Å²) in [7, 11) is 1.38. The van der Waals surface area contributed by atoms with E-state index in [2.05, 4.69) is 25.9 Å². The number of esters is 1. The highest BCUT2D eigenvalue weighted by Crippen LogP contribution is 2.32. The summed E-state index contributed by atoms with van der Waals surface area (Å²) in [6.07, 6.45) is 2.45. The number of ether oxygens (including phenoxy) is 1. The molecule has 0 aliphatic heterocycles. The first kappa shape index (κ1) is 17.4. The third-order valence-electron chi connectivity index (χ3n) is 3.76. The highest BCUT2D eigenvalue weighted by atomic mass is 32.2. The highest BCUT2D eigenvalue weighted by molar-refractivity contribution is 8.00. The second kappa shape index (κ2) is 7.73. The average Bonchev–Trinajstić information content (AvgIpc) is 3.17. The van der Waals surface area contributed by atoms with Crippen LogP contribution in [0.3, 0.4) is 0 Å². The Bertz CT molecular complexity index is 903. The number of benzene rings is 1. The molecule has 2 aromatic heterocycles. The van der Waals surface area contributed by atoms with Crippen LogP contribution in [-0.2, 0) is 10.5 Å². The second-order valence-electron chi connectivity index (χ2n) is 5.79. The van der Waals surface area contributed by atoms with Crippen LogP contribution in [0.1, 0.15) is 28.9 Å². The summed E-state index contributed by atoms with van der Waals surface area (Å²) in [6.45, 7) is 0. The predicted molar refractivity (Wildman–Crippen MR) is 105 cm³/mol. The van der Waals surface area contributed by atoms with Crippen molar-refractivity contribution in [1.29, 1.82) is 0 Å². The van der Waals surface area contributed by atoms with E-state index in [0.29, 0.717) is 11.6 Å². The van der Waals surface area contributed by atoms with Crippen LogP contribution in [0.15, 0.2) is 34.0 Å². The summed E-state index contributed by atoms with van der Waals surface area (Å²) in [5.41, 5.74) is 2.54. The van der Waals surface area contributed by atoms with Crippen LogP contribution in [0, 0.1) is 0 Å². The number of thiazole rings is 1. The lowest BCUT2D eigenvalue weighted by Crippen LogP contribution is -2.00. The zero-order chi connectivity index (χ0) is 17.9. The topological polar surface area (TPSA) is 77.0 Å². The van der Waals surface area contributed by atoms with Gasteiger partial charge in [0.1, 0.15) is 5.01 Å². The van der Waals surface area contributed by atoms with Crippen LogP contribution in [0.5, 0.6) is 0 Å². The molecule has 6 nitrogen and oxygen atoms in total. The number of carbonyl (C=O) groups is 1. The fourth-order valence-corrected chi connectivity index (χ4v) is 4.89. The second-order valence-corrected chi connectivity index (χ2v) is 8.85. The molecule has 26 heavy (non-hydrogen) atoms. The molecule has 0 amide bonds. The lowest BCUT2D eigenvalue weighted by Gasteiger charge is -2.00. The summed E-state index contributed by atoms with van der Waals surface area (Å²) in [5, 5.41) is 15.6. The van der Waals surface area contributed by atoms with Gasteiger partial charge in [0, 0.05) is 22.7 Å². The van der Waals surface area contributed by atoms with Crippen LogP contribution in [0.25, 0.3) is 10.6 Å². The van der Waals surface area contributed by atoms with Gasteiger partial charge in [-0.25, -0.2) is 9.78 Å². The van der Waals surface area contributed by atoms with Crippen molar-refractivity contribution < 1.29 is 9.53 Å². The Labute approximate surface area is 163 Å². The SMILES string of the molecule is COC(=O)c1ccc(-c2nc(CSc3nnc(NC4CC4)s3)cs2)cc1. The number of nitrogens with one attached hydrogen (secondary N) is 1. The lowest BCUT2D eigenvalue weighted by atomic mass is 10.1. The Hall–Kier alpha value is -1.97. The van der Waals surface area contributed by atoms with Gasteiger partial charge < -0.3 is 10.1 Å². The number of thioether (sulfide) groups is 1. The van der Waals surface area contributed by atoms with E-state index in [1.807, 2.05) is 12.1 Å². The van der Waals surface area contributed by atoms with Crippen LogP contribution in [0.4, 0.5) is 5.13 Å². The van der Waals surface area contributed by atoms with E-state index in [0.717, 1.165) is 31.5 Å². The minimum Gasteiger partial charge on any atom is -0.465 e. The van der Waals surface area contributed by atoms with Crippen molar-refractivity contribution in [1.82, 2.24) is 15.2 Å². The van der Waals surface area contributed by atoms with Crippen LogP contribution in [0.2, 0.25) is 0 Å². The molecule has 1 N–H and O–H groups in total. The van der Waals surface area contributed by atoms with E-state index in [4.69, 9.17) is 4.74 Å². The van der Waals surface area contributed by atoms with Gasteiger partial charge in [-0.2, -0.15) is 0 Å². The number of hydrogen-bond donors (Lipinski definition) is 1. The number of nitrogens with zero attached hydrogens (tertiary/aromatic N) is 3. The largest absolute Gasteiger partial charge is 0.465 e. The smallest absolute Gasteiger partial charge is 0.337 e. The van der Waals surface area contributed by atoms with E-state index in [1.165, 1.54) is 20.0 Å². The molecule has 0 unspecified atom stereocenters. The van der Waals surface area contributed by atoms with Crippen molar-refractivity contribution in [3.8, 4) is 10.6 Å². The molecule has 134 valence electrons. The van der Waals surface area contributed by atoms with E-state index in [9.17, 15) is 4.79 Å². The summed E-state index contributed by atoms with van der Waals surface area (Å²) in [6, 6.07) is 7.89. The predicted octanol–water partition coefficient (Wildman–Crippen LogP) is 4.31. The quantitative estimate of drug-likeness (QED) is 0.464. The van der Waals surface area contributed by atoms with E-state index in [1.54, 1.807) is 46.6 Å². The monoisotopic (exact) mass is 404 g/mol. The Balaban J connectivity index is 1.36. The molecule has 0 bridgehead atoms. The lowest BCUT2D eigenvalue weighted by molar-refractivity contribution is 0.0601. The minimum absolute atomic E-state index is 0.333. The first-order valence-electron chi connectivity index (χ1n) is 8.07. The van der Waals surface area contributed by atoms with Gasteiger partial charge in [-0.1, -0.05) is 35.2 Å². The third kappa shape index (κ3) is 4.22. The molecular weight excluding hydrogens is 388 g/mol. The molecule has 1 aromatic carbocycles. The average molecular weight is 405 g/mol. The number of rotatable bonds is 7. The molecule has 0 radical (unpaired) electrons. The molecule has 4 rings (SSSR count). The van der Waals surface area contributed by atoms with Crippen molar-refractivity contribution in [2.24, 2.45) is 0 Å². The molecule has 1 aliphatic rings. The number of hydrogen-bond acceptors (Lipinski definition) is 9. The number of carbonyl (C=O) groups excluding carboxylic acids is 1. The van der Waals surface area contributed by atoms with Gasteiger partial charge >= 0.3 is 5.97 Å². The van der Waals surface area contributed by atoms with Crippen molar-refractivity contribution in [2.45, 2.75) is 29.0 Å². The van der Waals surface area contributed by atoms with E-state index in [-0.39, 0.29) is 5.97 Å². The molecule has 1 aliphatic carbocycles. The zero-order valence-corrected chi connectivity index (χ0v) is 16.4. The molecule has 0 spiro atoms. The molecule has 9 heteroatoms. The Morgan fingerprint density at radius 1 is 1.31 bits per heavy atom. The van der Waals surface area contributed by atoms with Gasteiger partial charge in [0.2, 0.25) is 5.13 Å². The van der Waals surface area contributed by atoms with Crippen LogP contribution >= 0.6 is 34.4 Å². The summed E-state index contributed by atoms with van der Waals surface area (Å²) < 4.78 is 5.67. The van der Waals surface area contributed by atoms with E-state index >= 15 is 0 Å². The first-order chi connectivity index (χ1) is 12.7. The van der Waals surface area contributed by atoms with Gasteiger partial charge in [-0.05, 0) is 25.0 Å². The van der Waals surface area contributed by atoms with Crippen molar-refractivity contribution in [3.05, 3.63) is 40.9 Å². The zero-order valence-electron chi connectivity index (χ0n) is 14.0. The van der Waals surface area contributed by atoms with Crippen LogP contribution in [-0.4, -0.2) is 34.3 Å². The maximum absolute atomic E-state index is 11.5. The molecule has 3 aromatic rings. The Morgan fingerprint density at radius 3 is 2.85 bits per heavy atom. The summed E-state index contributed by atoms with van der Waals surface area (Å²) in [4.78, 5) is 16.2.